The number of benzene rings is 2. The van der Waals surface area contributed by atoms with E-state index in [2.05, 4.69) is 43.4 Å². The van der Waals surface area contributed by atoms with Crippen LogP contribution in [-0.2, 0) is 4.79 Å². The highest BCUT2D eigenvalue weighted by molar-refractivity contribution is 8.00. The van der Waals surface area contributed by atoms with Gasteiger partial charge in [0.1, 0.15) is 5.75 Å². The SMILES string of the molecule is CC[C@H](NC(=O)[C@@H](C)Sc1ccc(OC)cc1)c1ccc(C)cc1. The maximum absolute atomic E-state index is 12.5. The second kappa shape index (κ2) is 8.78. The number of hydrogen-bond acceptors (Lipinski definition) is 3. The summed E-state index contributed by atoms with van der Waals surface area (Å²) in [6.07, 6.45) is 0.870. The molecular formula is C20H25NO2S. The molecule has 0 radical (unpaired) electrons. The average molecular weight is 343 g/mol. The first-order valence-corrected chi connectivity index (χ1v) is 9.09. The number of hydrogen-bond donors (Lipinski definition) is 1. The van der Waals surface area contributed by atoms with Crippen LogP contribution < -0.4 is 10.1 Å². The number of carbonyl (C=O) groups excluding carboxylic acids is 1. The summed E-state index contributed by atoms with van der Waals surface area (Å²) >= 11 is 1.55. The van der Waals surface area contributed by atoms with Gasteiger partial charge >= 0.3 is 0 Å². The van der Waals surface area contributed by atoms with Crippen molar-refractivity contribution in [2.24, 2.45) is 0 Å². The summed E-state index contributed by atoms with van der Waals surface area (Å²) in [5, 5.41) is 3.01. The molecule has 0 aliphatic heterocycles. The second-order valence-electron chi connectivity index (χ2n) is 5.82. The van der Waals surface area contributed by atoms with Crippen LogP contribution in [0.25, 0.3) is 0 Å². The molecule has 0 unspecified atom stereocenters. The smallest absolute Gasteiger partial charge is 0.233 e. The fraction of sp³-hybridized carbons (Fsp3) is 0.350. The monoisotopic (exact) mass is 343 g/mol. The van der Waals surface area contributed by atoms with E-state index >= 15 is 0 Å². The Morgan fingerprint density at radius 2 is 1.75 bits per heavy atom. The summed E-state index contributed by atoms with van der Waals surface area (Å²) in [5.41, 5.74) is 2.38. The van der Waals surface area contributed by atoms with E-state index in [1.807, 2.05) is 31.2 Å². The molecule has 1 amide bonds. The fourth-order valence-corrected chi connectivity index (χ4v) is 3.30. The predicted octanol–water partition coefficient (Wildman–Crippen LogP) is 4.75. The molecular weight excluding hydrogens is 318 g/mol. The molecule has 3 nitrogen and oxygen atoms in total. The fourth-order valence-electron chi connectivity index (χ4n) is 2.42. The number of carbonyl (C=O) groups is 1. The number of amides is 1. The van der Waals surface area contributed by atoms with Crippen LogP contribution >= 0.6 is 11.8 Å². The summed E-state index contributed by atoms with van der Waals surface area (Å²) in [6.45, 7) is 6.09. The number of aryl methyl sites for hydroxylation is 1. The zero-order valence-electron chi connectivity index (χ0n) is 14.7. The van der Waals surface area contributed by atoms with Crippen molar-refractivity contribution in [3.8, 4) is 5.75 Å². The van der Waals surface area contributed by atoms with Crippen molar-refractivity contribution >= 4 is 17.7 Å². The molecule has 0 aromatic heterocycles. The molecule has 0 aliphatic rings. The van der Waals surface area contributed by atoms with Crippen molar-refractivity contribution < 1.29 is 9.53 Å². The highest BCUT2D eigenvalue weighted by Crippen LogP contribution is 2.26. The maximum atomic E-state index is 12.5. The average Bonchev–Trinajstić information content (AvgIpc) is 2.61. The van der Waals surface area contributed by atoms with Crippen molar-refractivity contribution in [1.29, 1.82) is 0 Å². The van der Waals surface area contributed by atoms with E-state index in [9.17, 15) is 4.79 Å². The normalized spacial score (nSPS) is 13.2. The predicted molar refractivity (Wildman–Crippen MR) is 101 cm³/mol. The van der Waals surface area contributed by atoms with Crippen LogP contribution in [0.4, 0.5) is 0 Å². The molecule has 1 N–H and O–H groups in total. The van der Waals surface area contributed by atoms with Crippen LogP contribution in [0.2, 0.25) is 0 Å². The van der Waals surface area contributed by atoms with Crippen LogP contribution in [-0.4, -0.2) is 18.3 Å². The van der Waals surface area contributed by atoms with E-state index in [-0.39, 0.29) is 17.2 Å². The number of rotatable bonds is 7. The van der Waals surface area contributed by atoms with E-state index < -0.39 is 0 Å². The van der Waals surface area contributed by atoms with Crippen molar-refractivity contribution in [2.45, 2.75) is 43.4 Å². The molecule has 2 atom stereocenters. The standard InChI is InChI=1S/C20H25NO2S/c1-5-19(16-8-6-14(2)7-9-16)21-20(22)15(3)24-18-12-10-17(23-4)11-13-18/h6-13,15,19H,5H2,1-4H3,(H,21,22)/t15-,19+/m1/s1. The first-order valence-electron chi connectivity index (χ1n) is 8.21. The molecule has 4 heteroatoms. The minimum absolute atomic E-state index is 0.0528. The van der Waals surface area contributed by atoms with Crippen LogP contribution in [0, 0.1) is 6.92 Å². The minimum atomic E-state index is -0.155. The molecule has 0 saturated heterocycles. The maximum Gasteiger partial charge on any atom is 0.233 e. The molecule has 0 spiro atoms. The molecule has 0 saturated carbocycles. The third-order valence-electron chi connectivity index (χ3n) is 3.95. The van der Waals surface area contributed by atoms with Gasteiger partial charge in [0.05, 0.1) is 18.4 Å². The molecule has 2 aromatic carbocycles. The Bertz CT molecular complexity index is 652. The van der Waals surface area contributed by atoms with E-state index in [1.54, 1.807) is 18.9 Å². The van der Waals surface area contributed by atoms with Crippen molar-refractivity contribution in [3.63, 3.8) is 0 Å². The first kappa shape index (κ1) is 18.4. The summed E-state index contributed by atoms with van der Waals surface area (Å²) in [4.78, 5) is 13.6. The Morgan fingerprint density at radius 3 is 2.29 bits per heavy atom. The van der Waals surface area contributed by atoms with Gasteiger partial charge in [-0.2, -0.15) is 0 Å². The molecule has 2 rings (SSSR count). The van der Waals surface area contributed by atoms with Gasteiger partial charge in [-0.25, -0.2) is 0 Å². The van der Waals surface area contributed by atoms with E-state index in [0.29, 0.717) is 0 Å². The highest BCUT2D eigenvalue weighted by atomic mass is 32.2. The third-order valence-corrected chi connectivity index (χ3v) is 5.06. The quantitative estimate of drug-likeness (QED) is 0.737. The zero-order valence-corrected chi connectivity index (χ0v) is 15.5. The van der Waals surface area contributed by atoms with Gasteiger partial charge in [-0.05, 0) is 50.1 Å². The molecule has 24 heavy (non-hydrogen) atoms. The van der Waals surface area contributed by atoms with Crippen molar-refractivity contribution in [1.82, 2.24) is 5.32 Å². The molecule has 0 bridgehead atoms. The van der Waals surface area contributed by atoms with Gasteiger partial charge in [0.15, 0.2) is 0 Å². The zero-order chi connectivity index (χ0) is 17.5. The lowest BCUT2D eigenvalue weighted by Crippen LogP contribution is -2.34. The Hall–Kier alpha value is -1.94. The number of thioether (sulfide) groups is 1. The van der Waals surface area contributed by atoms with Crippen LogP contribution in [0.1, 0.15) is 37.4 Å². The molecule has 128 valence electrons. The van der Waals surface area contributed by atoms with Gasteiger partial charge in [0.25, 0.3) is 0 Å². The highest BCUT2D eigenvalue weighted by Gasteiger charge is 2.18. The van der Waals surface area contributed by atoms with E-state index in [1.165, 1.54) is 5.56 Å². The lowest BCUT2D eigenvalue weighted by atomic mass is 10.0. The Kier molecular flexibility index (Phi) is 6.73. The van der Waals surface area contributed by atoms with Crippen molar-refractivity contribution in [3.05, 3.63) is 59.7 Å². The molecule has 0 aliphatic carbocycles. The van der Waals surface area contributed by atoms with Crippen LogP contribution in [0.5, 0.6) is 5.75 Å². The molecule has 0 heterocycles. The molecule has 0 fully saturated rings. The number of nitrogens with one attached hydrogen (secondary N) is 1. The van der Waals surface area contributed by atoms with Crippen LogP contribution in [0.3, 0.4) is 0 Å². The van der Waals surface area contributed by atoms with E-state index in [4.69, 9.17) is 4.74 Å². The third kappa shape index (κ3) is 5.03. The first-order chi connectivity index (χ1) is 11.5. The summed E-state index contributed by atoms with van der Waals surface area (Å²) < 4.78 is 5.16. The minimum Gasteiger partial charge on any atom is -0.497 e. The van der Waals surface area contributed by atoms with Gasteiger partial charge in [0, 0.05) is 4.90 Å². The summed E-state index contributed by atoms with van der Waals surface area (Å²) in [6, 6.07) is 16.2. The second-order valence-corrected chi connectivity index (χ2v) is 7.23. The van der Waals surface area contributed by atoms with E-state index in [0.717, 1.165) is 22.6 Å². The topological polar surface area (TPSA) is 38.3 Å². The van der Waals surface area contributed by atoms with Crippen LogP contribution in [0.15, 0.2) is 53.4 Å². The largest absolute Gasteiger partial charge is 0.497 e. The summed E-state index contributed by atoms with van der Waals surface area (Å²) in [7, 11) is 1.65. The number of ether oxygens (including phenoxy) is 1. The van der Waals surface area contributed by atoms with Gasteiger partial charge in [-0.1, -0.05) is 36.8 Å². The Balaban J connectivity index is 1.97. The summed E-state index contributed by atoms with van der Waals surface area (Å²) in [5.74, 6) is 0.880. The van der Waals surface area contributed by atoms with Gasteiger partial charge < -0.3 is 10.1 Å². The van der Waals surface area contributed by atoms with Crippen molar-refractivity contribution in [2.75, 3.05) is 7.11 Å². The van der Waals surface area contributed by atoms with Gasteiger partial charge in [-0.15, -0.1) is 11.8 Å². The lowest BCUT2D eigenvalue weighted by Gasteiger charge is -2.20. The Morgan fingerprint density at radius 1 is 1.12 bits per heavy atom. The molecule has 2 aromatic rings. The Labute approximate surface area is 148 Å². The number of methoxy groups -OCH3 is 1. The van der Waals surface area contributed by atoms with Gasteiger partial charge in [-0.3, -0.25) is 4.79 Å². The van der Waals surface area contributed by atoms with Gasteiger partial charge in [0.2, 0.25) is 5.91 Å². The lowest BCUT2D eigenvalue weighted by molar-refractivity contribution is -0.121.